The van der Waals surface area contributed by atoms with E-state index in [4.69, 9.17) is 32.7 Å². The van der Waals surface area contributed by atoms with Crippen LogP contribution in [0.25, 0.3) is 0 Å². The van der Waals surface area contributed by atoms with Crippen molar-refractivity contribution < 1.29 is 9.47 Å². The molecule has 1 N–H and O–H groups in total. The van der Waals surface area contributed by atoms with Crippen LogP contribution in [-0.2, 0) is 6.54 Å². The molecule has 2 aromatic rings. The molecule has 0 aliphatic rings. The Morgan fingerprint density at radius 3 is 2.48 bits per heavy atom. The van der Waals surface area contributed by atoms with Crippen LogP contribution >= 0.6 is 39.1 Å². The molecule has 0 fully saturated rings. The number of nitrogens with one attached hydrogen (secondary N) is 1. The minimum Gasteiger partial charge on any atom is -0.493 e. The van der Waals surface area contributed by atoms with Gasteiger partial charge >= 0.3 is 0 Å². The molecule has 0 atom stereocenters. The zero-order chi connectivity index (χ0) is 15.4. The van der Waals surface area contributed by atoms with E-state index in [1.165, 1.54) is 0 Å². The molecule has 2 aromatic carbocycles. The van der Waals surface area contributed by atoms with E-state index in [9.17, 15) is 0 Å². The van der Waals surface area contributed by atoms with E-state index in [-0.39, 0.29) is 0 Å². The van der Waals surface area contributed by atoms with Crippen LogP contribution in [0.4, 0.5) is 5.69 Å². The molecule has 0 saturated carbocycles. The number of rotatable bonds is 5. The maximum absolute atomic E-state index is 6.19. The summed E-state index contributed by atoms with van der Waals surface area (Å²) in [4.78, 5) is 0. The fraction of sp³-hybridized carbons (Fsp3) is 0.200. The van der Waals surface area contributed by atoms with Crippen LogP contribution in [0.5, 0.6) is 11.5 Å². The molecule has 0 saturated heterocycles. The molecule has 6 heteroatoms. The summed E-state index contributed by atoms with van der Waals surface area (Å²) in [6.07, 6.45) is 0. The lowest BCUT2D eigenvalue weighted by molar-refractivity contribution is 0.355. The third kappa shape index (κ3) is 3.96. The highest BCUT2D eigenvalue weighted by atomic mass is 79.9. The summed E-state index contributed by atoms with van der Waals surface area (Å²) in [5.74, 6) is 1.13. The SMILES string of the molecule is COc1cc(CNc2cc(Br)ccc2Cl)cc(Cl)c1OC. The van der Waals surface area contributed by atoms with Gasteiger partial charge in [0.1, 0.15) is 0 Å². The first-order valence-electron chi connectivity index (χ1n) is 6.14. The Bertz CT molecular complexity index is 650. The van der Waals surface area contributed by atoms with Crippen LogP contribution in [0, 0.1) is 0 Å². The Balaban J connectivity index is 2.20. The monoisotopic (exact) mass is 389 g/mol. The van der Waals surface area contributed by atoms with Crippen molar-refractivity contribution in [2.75, 3.05) is 19.5 Å². The second-order valence-electron chi connectivity index (χ2n) is 4.29. The van der Waals surface area contributed by atoms with Crippen LogP contribution in [-0.4, -0.2) is 14.2 Å². The molecule has 0 aliphatic carbocycles. The lowest BCUT2D eigenvalue weighted by Gasteiger charge is -2.13. The third-order valence-corrected chi connectivity index (χ3v) is 4.01. The highest BCUT2D eigenvalue weighted by Gasteiger charge is 2.11. The van der Waals surface area contributed by atoms with Gasteiger partial charge in [-0.1, -0.05) is 39.1 Å². The van der Waals surface area contributed by atoms with Gasteiger partial charge in [-0.05, 0) is 35.9 Å². The third-order valence-electron chi connectivity index (χ3n) is 2.90. The Kier molecular flexibility index (Phi) is 5.62. The Labute approximate surface area is 142 Å². The van der Waals surface area contributed by atoms with Crippen LogP contribution in [0.1, 0.15) is 5.56 Å². The maximum Gasteiger partial charge on any atom is 0.179 e. The molecule has 112 valence electrons. The van der Waals surface area contributed by atoms with Crippen molar-refractivity contribution in [3.8, 4) is 11.5 Å². The molecular formula is C15H14BrCl2NO2. The smallest absolute Gasteiger partial charge is 0.179 e. The van der Waals surface area contributed by atoms with Gasteiger partial charge in [0.05, 0.1) is 30.0 Å². The molecule has 0 bridgehead atoms. The quantitative estimate of drug-likeness (QED) is 0.742. The molecule has 0 unspecified atom stereocenters. The van der Waals surface area contributed by atoms with Crippen molar-refractivity contribution >= 4 is 44.8 Å². The minimum atomic E-state index is 0.508. The lowest BCUT2D eigenvalue weighted by Crippen LogP contribution is -2.01. The first-order valence-corrected chi connectivity index (χ1v) is 7.69. The van der Waals surface area contributed by atoms with Gasteiger partial charge in [-0.2, -0.15) is 0 Å². The predicted molar refractivity (Wildman–Crippen MR) is 91.0 cm³/mol. The lowest BCUT2D eigenvalue weighted by atomic mass is 10.2. The zero-order valence-corrected chi connectivity index (χ0v) is 14.6. The molecule has 21 heavy (non-hydrogen) atoms. The molecule has 0 spiro atoms. The van der Waals surface area contributed by atoms with Crippen molar-refractivity contribution in [1.82, 2.24) is 0 Å². The highest BCUT2D eigenvalue weighted by Crippen LogP contribution is 2.36. The number of hydrogen-bond donors (Lipinski definition) is 1. The number of benzene rings is 2. The van der Waals surface area contributed by atoms with Gasteiger partial charge in [0, 0.05) is 11.0 Å². The summed E-state index contributed by atoms with van der Waals surface area (Å²) in [7, 11) is 3.14. The summed E-state index contributed by atoms with van der Waals surface area (Å²) in [6.45, 7) is 0.566. The summed E-state index contributed by atoms with van der Waals surface area (Å²) in [5, 5.41) is 4.43. The van der Waals surface area contributed by atoms with Gasteiger partial charge in [-0.3, -0.25) is 0 Å². The summed E-state index contributed by atoms with van der Waals surface area (Å²) < 4.78 is 11.5. The molecule has 2 rings (SSSR count). The first kappa shape index (κ1) is 16.3. The van der Waals surface area contributed by atoms with Crippen LogP contribution in [0.15, 0.2) is 34.8 Å². The molecule has 0 aliphatic heterocycles. The van der Waals surface area contributed by atoms with Gasteiger partial charge in [0.2, 0.25) is 0 Å². The average molecular weight is 391 g/mol. The minimum absolute atomic E-state index is 0.508. The predicted octanol–water partition coefficient (Wildman–Crippen LogP) is 5.39. The van der Waals surface area contributed by atoms with Crippen molar-refractivity contribution in [2.24, 2.45) is 0 Å². The van der Waals surface area contributed by atoms with Crippen molar-refractivity contribution in [2.45, 2.75) is 6.54 Å². The fourth-order valence-electron chi connectivity index (χ4n) is 1.90. The van der Waals surface area contributed by atoms with Gasteiger partial charge in [-0.25, -0.2) is 0 Å². The van der Waals surface area contributed by atoms with Gasteiger partial charge in [0.25, 0.3) is 0 Å². The molecule has 0 aromatic heterocycles. The summed E-state index contributed by atoms with van der Waals surface area (Å²) in [6, 6.07) is 9.35. The molecular weight excluding hydrogens is 377 g/mol. The Morgan fingerprint density at radius 1 is 1.05 bits per heavy atom. The Hall–Kier alpha value is -1.10. The molecule has 0 heterocycles. The van der Waals surface area contributed by atoms with E-state index < -0.39 is 0 Å². The summed E-state index contributed by atoms with van der Waals surface area (Å²) in [5.41, 5.74) is 1.81. The zero-order valence-electron chi connectivity index (χ0n) is 11.5. The largest absolute Gasteiger partial charge is 0.493 e. The van der Waals surface area contributed by atoms with Gasteiger partial charge in [0.15, 0.2) is 11.5 Å². The molecule has 3 nitrogen and oxygen atoms in total. The summed E-state index contributed by atoms with van der Waals surface area (Å²) >= 11 is 15.8. The normalized spacial score (nSPS) is 10.3. The second kappa shape index (κ2) is 7.25. The second-order valence-corrected chi connectivity index (χ2v) is 6.02. The van der Waals surface area contributed by atoms with E-state index >= 15 is 0 Å². The highest BCUT2D eigenvalue weighted by molar-refractivity contribution is 9.10. The maximum atomic E-state index is 6.19. The van der Waals surface area contributed by atoms with Crippen LogP contribution < -0.4 is 14.8 Å². The van der Waals surface area contributed by atoms with E-state index in [2.05, 4.69) is 21.2 Å². The van der Waals surface area contributed by atoms with E-state index in [0.29, 0.717) is 28.1 Å². The van der Waals surface area contributed by atoms with E-state index in [1.54, 1.807) is 14.2 Å². The van der Waals surface area contributed by atoms with Crippen LogP contribution in [0.2, 0.25) is 10.0 Å². The van der Waals surface area contributed by atoms with Crippen LogP contribution in [0.3, 0.4) is 0 Å². The standard InChI is InChI=1S/C15H14BrCl2NO2/c1-20-14-6-9(5-12(18)15(14)21-2)8-19-13-7-10(16)3-4-11(13)17/h3-7,19H,8H2,1-2H3. The van der Waals surface area contributed by atoms with Crippen molar-refractivity contribution in [3.63, 3.8) is 0 Å². The molecule has 0 radical (unpaired) electrons. The number of halogens is 3. The molecule has 0 amide bonds. The van der Waals surface area contributed by atoms with Gasteiger partial charge < -0.3 is 14.8 Å². The van der Waals surface area contributed by atoms with E-state index in [0.717, 1.165) is 15.7 Å². The van der Waals surface area contributed by atoms with Crippen molar-refractivity contribution in [3.05, 3.63) is 50.4 Å². The topological polar surface area (TPSA) is 30.5 Å². The number of ether oxygens (including phenoxy) is 2. The number of methoxy groups -OCH3 is 2. The fourth-order valence-corrected chi connectivity index (χ4v) is 2.76. The first-order chi connectivity index (χ1) is 10.0. The average Bonchev–Trinajstić information content (AvgIpc) is 2.47. The van der Waals surface area contributed by atoms with Gasteiger partial charge in [-0.15, -0.1) is 0 Å². The Morgan fingerprint density at radius 2 is 1.81 bits per heavy atom. The van der Waals surface area contributed by atoms with Crippen molar-refractivity contribution in [1.29, 1.82) is 0 Å². The van der Waals surface area contributed by atoms with E-state index in [1.807, 2.05) is 30.3 Å². The number of anilines is 1. The number of hydrogen-bond acceptors (Lipinski definition) is 3.